The Labute approximate surface area is 102 Å². The number of carbonyl (C=O) groups is 1. The Hall–Kier alpha value is -1.36. The fraction of sp³-hybridized carbons (Fsp3) is 0.417. The normalized spacial score (nSPS) is 13.1. The van der Waals surface area contributed by atoms with Crippen LogP contribution >= 0.6 is 0 Å². The fourth-order valence-corrected chi connectivity index (χ4v) is 2.86. The molecule has 0 aromatic heterocycles. The number of ether oxygens (including phenoxy) is 1. The van der Waals surface area contributed by atoms with Crippen molar-refractivity contribution in [1.29, 1.82) is 0 Å². The van der Waals surface area contributed by atoms with E-state index in [1.54, 1.807) is 37.3 Å². The highest BCUT2D eigenvalue weighted by Crippen LogP contribution is 2.12. The van der Waals surface area contributed by atoms with Crippen LogP contribution in [0.4, 0.5) is 0 Å². The van der Waals surface area contributed by atoms with Gasteiger partial charge >= 0.3 is 5.97 Å². The number of benzene rings is 1. The first-order valence-corrected chi connectivity index (χ1v) is 7.02. The molecule has 0 aliphatic carbocycles. The summed E-state index contributed by atoms with van der Waals surface area (Å²) in [7, 11) is -3.28. The van der Waals surface area contributed by atoms with Gasteiger partial charge in [0.1, 0.15) is 0 Å². The molecule has 0 amide bonds. The Morgan fingerprint density at radius 3 is 2.41 bits per heavy atom. The number of sulfone groups is 1. The largest absolute Gasteiger partial charge is 0.463 e. The lowest BCUT2D eigenvalue weighted by atomic mass is 10.3. The van der Waals surface area contributed by atoms with E-state index in [0.29, 0.717) is 11.3 Å². The van der Waals surface area contributed by atoms with Crippen molar-refractivity contribution in [2.45, 2.75) is 31.3 Å². The van der Waals surface area contributed by atoms with E-state index in [1.165, 1.54) is 6.92 Å². The molecule has 0 unspecified atom stereocenters. The van der Waals surface area contributed by atoms with Crippen molar-refractivity contribution in [3.63, 3.8) is 0 Å². The van der Waals surface area contributed by atoms with Crippen molar-refractivity contribution in [2.24, 2.45) is 0 Å². The summed E-state index contributed by atoms with van der Waals surface area (Å²) in [6.07, 6.45) is -0.0810. The van der Waals surface area contributed by atoms with Gasteiger partial charge in [-0.1, -0.05) is 18.2 Å². The van der Waals surface area contributed by atoms with Crippen molar-refractivity contribution < 1.29 is 17.9 Å². The molecule has 17 heavy (non-hydrogen) atoms. The average molecular weight is 256 g/mol. The molecule has 4 nitrogen and oxygen atoms in total. The summed E-state index contributed by atoms with van der Waals surface area (Å²) in [5.74, 6) is -0.416. The lowest BCUT2D eigenvalue weighted by Gasteiger charge is -2.11. The second-order valence-corrected chi connectivity index (χ2v) is 5.95. The lowest BCUT2D eigenvalue weighted by molar-refractivity contribution is -0.145. The third-order valence-electron chi connectivity index (χ3n) is 2.26. The summed E-state index contributed by atoms with van der Waals surface area (Å²) in [6.45, 7) is 2.99. The molecule has 0 heterocycles. The second kappa shape index (κ2) is 5.82. The first kappa shape index (κ1) is 13.7. The van der Waals surface area contributed by atoms with E-state index < -0.39 is 15.8 Å². The lowest BCUT2D eigenvalue weighted by Crippen LogP contribution is -2.17. The molecule has 0 saturated carbocycles. The number of carbonyl (C=O) groups excluding carboxylic acids is 1. The summed E-state index contributed by atoms with van der Waals surface area (Å²) in [4.78, 5) is 11.0. The highest BCUT2D eigenvalue weighted by Gasteiger charge is 2.16. The molecule has 1 rings (SSSR count). The van der Waals surface area contributed by atoms with E-state index in [-0.39, 0.29) is 11.9 Å². The van der Waals surface area contributed by atoms with Crippen LogP contribution in [0.15, 0.2) is 35.2 Å². The van der Waals surface area contributed by atoms with Crippen molar-refractivity contribution in [1.82, 2.24) is 0 Å². The standard InChI is InChI=1S/C12H16O4S/c1-10(16-11(2)13)8-9-17(14,15)12-6-4-3-5-7-12/h3-7,10H,8-9H2,1-2H3/t10-/m1/s1. The van der Waals surface area contributed by atoms with Gasteiger partial charge in [0.15, 0.2) is 9.84 Å². The van der Waals surface area contributed by atoms with Crippen LogP contribution in [0.5, 0.6) is 0 Å². The second-order valence-electron chi connectivity index (χ2n) is 3.84. The summed E-state index contributed by atoms with van der Waals surface area (Å²) in [5.41, 5.74) is 0. The monoisotopic (exact) mass is 256 g/mol. The van der Waals surface area contributed by atoms with Crippen molar-refractivity contribution in [3.8, 4) is 0 Å². The molecule has 94 valence electrons. The molecule has 5 heteroatoms. The average Bonchev–Trinajstić information content (AvgIpc) is 2.27. The zero-order valence-corrected chi connectivity index (χ0v) is 10.7. The first-order chi connectivity index (χ1) is 7.92. The van der Waals surface area contributed by atoms with Crippen LogP contribution in [0, 0.1) is 0 Å². The summed E-state index contributed by atoms with van der Waals surface area (Å²) >= 11 is 0. The summed E-state index contributed by atoms with van der Waals surface area (Å²) in [5, 5.41) is 0. The minimum atomic E-state index is -3.28. The van der Waals surface area contributed by atoms with Crippen LogP contribution in [-0.4, -0.2) is 26.2 Å². The number of hydrogen-bond acceptors (Lipinski definition) is 4. The molecule has 0 fully saturated rings. The van der Waals surface area contributed by atoms with Crippen LogP contribution in [0.1, 0.15) is 20.3 Å². The SMILES string of the molecule is CC(=O)O[C@H](C)CCS(=O)(=O)c1ccccc1. The molecule has 0 aliphatic heterocycles. The molecule has 0 spiro atoms. The third-order valence-corrected chi connectivity index (χ3v) is 4.03. The van der Waals surface area contributed by atoms with Gasteiger partial charge in [0.25, 0.3) is 0 Å². The number of rotatable bonds is 5. The van der Waals surface area contributed by atoms with Crippen LogP contribution in [0.25, 0.3) is 0 Å². The molecular weight excluding hydrogens is 240 g/mol. The predicted octanol–water partition coefficient (Wildman–Crippen LogP) is 1.80. The van der Waals surface area contributed by atoms with Crippen molar-refractivity contribution in [3.05, 3.63) is 30.3 Å². The summed E-state index contributed by atoms with van der Waals surface area (Å²) < 4.78 is 28.6. The first-order valence-electron chi connectivity index (χ1n) is 5.37. The molecular formula is C12H16O4S. The zero-order valence-electron chi connectivity index (χ0n) is 9.92. The van der Waals surface area contributed by atoms with E-state index >= 15 is 0 Å². The van der Waals surface area contributed by atoms with Crippen LogP contribution in [-0.2, 0) is 19.4 Å². The number of esters is 1. The fourth-order valence-electron chi connectivity index (χ4n) is 1.41. The van der Waals surface area contributed by atoms with Gasteiger partial charge in [-0.25, -0.2) is 8.42 Å². The van der Waals surface area contributed by atoms with Gasteiger partial charge in [0, 0.05) is 6.92 Å². The van der Waals surface area contributed by atoms with Gasteiger partial charge < -0.3 is 4.74 Å². The Balaban J connectivity index is 2.60. The van der Waals surface area contributed by atoms with E-state index in [0.717, 1.165) is 0 Å². The molecule has 1 aromatic carbocycles. The molecule has 0 aliphatic rings. The Kier molecular flexibility index (Phi) is 4.69. The van der Waals surface area contributed by atoms with E-state index in [1.807, 2.05) is 0 Å². The summed E-state index contributed by atoms with van der Waals surface area (Å²) in [6, 6.07) is 8.25. The Bertz CT molecular complexity index is 465. The minimum absolute atomic E-state index is 0.0224. The quantitative estimate of drug-likeness (QED) is 0.754. The zero-order chi connectivity index (χ0) is 12.9. The van der Waals surface area contributed by atoms with Gasteiger partial charge in [0.2, 0.25) is 0 Å². The molecule has 1 aromatic rings. The van der Waals surface area contributed by atoms with Crippen molar-refractivity contribution in [2.75, 3.05) is 5.75 Å². The molecule has 0 radical (unpaired) electrons. The van der Waals surface area contributed by atoms with Gasteiger partial charge in [-0.2, -0.15) is 0 Å². The predicted molar refractivity (Wildman–Crippen MR) is 64.3 cm³/mol. The molecule has 0 bridgehead atoms. The van der Waals surface area contributed by atoms with Gasteiger partial charge in [0.05, 0.1) is 16.8 Å². The molecule has 0 N–H and O–H groups in total. The topological polar surface area (TPSA) is 60.4 Å². The third kappa shape index (κ3) is 4.56. The maximum atomic E-state index is 11.9. The van der Waals surface area contributed by atoms with Crippen LogP contribution in [0.3, 0.4) is 0 Å². The van der Waals surface area contributed by atoms with Gasteiger partial charge in [-0.3, -0.25) is 4.79 Å². The highest BCUT2D eigenvalue weighted by molar-refractivity contribution is 7.91. The molecule has 1 atom stereocenters. The Morgan fingerprint density at radius 1 is 1.29 bits per heavy atom. The van der Waals surface area contributed by atoms with E-state index in [9.17, 15) is 13.2 Å². The van der Waals surface area contributed by atoms with E-state index in [2.05, 4.69) is 0 Å². The number of hydrogen-bond donors (Lipinski definition) is 0. The van der Waals surface area contributed by atoms with Crippen LogP contribution in [0.2, 0.25) is 0 Å². The maximum absolute atomic E-state index is 11.9. The van der Waals surface area contributed by atoms with Crippen molar-refractivity contribution >= 4 is 15.8 Å². The maximum Gasteiger partial charge on any atom is 0.302 e. The smallest absolute Gasteiger partial charge is 0.302 e. The van der Waals surface area contributed by atoms with Gasteiger partial charge in [-0.15, -0.1) is 0 Å². The minimum Gasteiger partial charge on any atom is -0.463 e. The highest BCUT2D eigenvalue weighted by atomic mass is 32.2. The van der Waals surface area contributed by atoms with Gasteiger partial charge in [-0.05, 0) is 25.5 Å². The molecule has 0 saturated heterocycles. The van der Waals surface area contributed by atoms with E-state index in [4.69, 9.17) is 4.74 Å². The van der Waals surface area contributed by atoms with Crippen LogP contribution < -0.4 is 0 Å². The Morgan fingerprint density at radius 2 is 1.88 bits per heavy atom.